The Labute approximate surface area is 133 Å². The summed E-state index contributed by atoms with van der Waals surface area (Å²) in [7, 11) is 0. The number of hydrogen-bond acceptors (Lipinski definition) is 2. The van der Waals surface area contributed by atoms with Gasteiger partial charge in [0.15, 0.2) is 0 Å². The highest BCUT2D eigenvalue weighted by Crippen LogP contribution is 2.26. The summed E-state index contributed by atoms with van der Waals surface area (Å²) in [5, 5.41) is 0.749. The van der Waals surface area contributed by atoms with Gasteiger partial charge in [0, 0.05) is 9.92 Å². The molecule has 2 aromatic carbocycles. The van der Waals surface area contributed by atoms with Gasteiger partial charge in [-0.15, -0.1) is 18.2 Å². The number of rotatable bonds is 4. The van der Waals surface area contributed by atoms with Gasteiger partial charge in [0.2, 0.25) is 0 Å². The molecule has 0 atom stereocenters. The third kappa shape index (κ3) is 3.07. The first-order chi connectivity index (χ1) is 10.3. The van der Waals surface area contributed by atoms with Crippen LogP contribution >= 0.6 is 23.4 Å². The molecule has 21 heavy (non-hydrogen) atoms. The second kappa shape index (κ2) is 6.26. The topological polar surface area (TPSA) is 17.8 Å². The van der Waals surface area contributed by atoms with Gasteiger partial charge in [-0.25, -0.2) is 4.98 Å². The summed E-state index contributed by atoms with van der Waals surface area (Å²) in [6, 6.07) is 15.9. The van der Waals surface area contributed by atoms with Gasteiger partial charge in [-0.3, -0.25) is 0 Å². The van der Waals surface area contributed by atoms with Gasteiger partial charge in [-0.2, -0.15) is 0 Å². The molecule has 0 aliphatic heterocycles. The number of para-hydroxylation sites is 2. The lowest BCUT2D eigenvalue weighted by Gasteiger charge is -2.05. The lowest BCUT2D eigenvalue weighted by atomic mass is 10.3. The molecule has 1 heterocycles. The fourth-order valence-corrected chi connectivity index (χ4v) is 3.15. The lowest BCUT2D eigenvalue weighted by Crippen LogP contribution is -2.01. The number of nitrogens with zero attached hydrogens (tertiary/aromatic N) is 2. The van der Waals surface area contributed by atoms with E-state index < -0.39 is 0 Å². The number of aromatic nitrogens is 2. The summed E-state index contributed by atoms with van der Waals surface area (Å²) in [6.07, 6.45) is 5.48. The smallest absolute Gasteiger partial charge is 0.121 e. The summed E-state index contributed by atoms with van der Waals surface area (Å²) in [5.74, 6) is 4.47. The van der Waals surface area contributed by atoms with Gasteiger partial charge in [0.1, 0.15) is 5.82 Å². The molecule has 0 unspecified atom stereocenters. The number of benzene rings is 2. The molecule has 3 aromatic rings. The lowest BCUT2D eigenvalue weighted by molar-refractivity contribution is 0.816. The number of imidazole rings is 1. The Morgan fingerprint density at radius 2 is 1.90 bits per heavy atom. The summed E-state index contributed by atoms with van der Waals surface area (Å²) in [6.45, 7) is 0.539. The predicted molar refractivity (Wildman–Crippen MR) is 89.6 cm³/mol. The third-order valence-corrected chi connectivity index (χ3v) is 4.42. The summed E-state index contributed by atoms with van der Waals surface area (Å²) < 4.78 is 2.10. The highest BCUT2D eigenvalue weighted by molar-refractivity contribution is 7.98. The number of fused-ring (bicyclic) bond motifs is 1. The van der Waals surface area contributed by atoms with Crippen LogP contribution in [0, 0.1) is 12.3 Å². The molecule has 1 aromatic heterocycles. The second-order valence-electron chi connectivity index (χ2n) is 4.55. The van der Waals surface area contributed by atoms with Crippen molar-refractivity contribution >= 4 is 34.4 Å². The first-order valence-corrected chi connectivity index (χ1v) is 7.90. The van der Waals surface area contributed by atoms with E-state index >= 15 is 0 Å². The second-order valence-corrected chi connectivity index (χ2v) is 6.03. The van der Waals surface area contributed by atoms with E-state index in [1.807, 2.05) is 42.5 Å². The number of hydrogen-bond donors (Lipinski definition) is 0. The van der Waals surface area contributed by atoms with E-state index in [0.717, 1.165) is 27.6 Å². The molecule has 0 amide bonds. The minimum Gasteiger partial charge on any atom is -0.315 e. The fourth-order valence-electron chi connectivity index (χ4n) is 2.18. The first kappa shape index (κ1) is 14.1. The van der Waals surface area contributed by atoms with Crippen molar-refractivity contribution in [1.82, 2.24) is 9.55 Å². The number of thioether (sulfide) groups is 1. The summed E-state index contributed by atoms with van der Waals surface area (Å²) >= 11 is 7.63. The highest BCUT2D eigenvalue weighted by atomic mass is 35.5. The van der Waals surface area contributed by atoms with E-state index in [1.54, 1.807) is 11.8 Å². The largest absolute Gasteiger partial charge is 0.315 e. The van der Waals surface area contributed by atoms with Crippen LogP contribution < -0.4 is 0 Å². The maximum atomic E-state index is 5.90. The zero-order valence-electron chi connectivity index (χ0n) is 11.3. The first-order valence-electron chi connectivity index (χ1n) is 6.54. The van der Waals surface area contributed by atoms with Crippen LogP contribution in [0.4, 0.5) is 0 Å². The highest BCUT2D eigenvalue weighted by Gasteiger charge is 2.09. The van der Waals surface area contributed by atoms with Crippen molar-refractivity contribution in [3.8, 4) is 12.3 Å². The maximum absolute atomic E-state index is 5.90. The molecule has 0 spiro atoms. The molecule has 0 radical (unpaired) electrons. The predicted octanol–water partition coefficient (Wildman–Crippen LogP) is 4.62. The average Bonchev–Trinajstić information content (AvgIpc) is 2.85. The van der Waals surface area contributed by atoms with Crippen molar-refractivity contribution in [1.29, 1.82) is 0 Å². The molecule has 0 aliphatic carbocycles. The molecule has 0 fully saturated rings. The van der Waals surface area contributed by atoms with Gasteiger partial charge in [-0.05, 0) is 36.4 Å². The molecular weight excluding hydrogens is 300 g/mol. The minimum atomic E-state index is 0.539. The van der Waals surface area contributed by atoms with Crippen LogP contribution in [0.3, 0.4) is 0 Å². The molecular formula is C17H13ClN2S. The zero-order chi connectivity index (χ0) is 14.7. The van der Waals surface area contributed by atoms with E-state index in [1.165, 1.54) is 4.90 Å². The molecule has 4 heteroatoms. The molecule has 0 bridgehead atoms. The Morgan fingerprint density at radius 3 is 2.67 bits per heavy atom. The van der Waals surface area contributed by atoms with Crippen molar-refractivity contribution < 1.29 is 0 Å². The van der Waals surface area contributed by atoms with Crippen LogP contribution in [0.1, 0.15) is 5.82 Å². The quantitative estimate of drug-likeness (QED) is 0.517. The van der Waals surface area contributed by atoms with E-state index in [9.17, 15) is 0 Å². The van der Waals surface area contributed by atoms with Crippen molar-refractivity contribution in [2.24, 2.45) is 0 Å². The van der Waals surface area contributed by atoms with Crippen LogP contribution in [0.5, 0.6) is 0 Å². The van der Waals surface area contributed by atoms with Crippen molar-refractivity contribution in [3.63, 3.8) is 0 Å². The van der Waals surface area contributed by atoms with Gasteiger partial charge in [0.05, 0.1) is 23.3 Å². The number of terminal acetylenes is 1. The number of halogens is 1. The van der Waals surface area contributed by atoms with Crippen LogP contribution in [0.15, 0.2) is 53.4 Å². The third-order valence-electron chi connectivity index (χ3n) is 3.16. The van der Waals surface area contributed by atoms with E-state index in [-0.39, 0.29) is 0 Å². The van der Waals surface area contributed by atoms with Gasteiger partial charge < -0.3 is 4.57 Å². The molecule has 2 nitrogen and oxygen atoms in total. The van der Waals surface area contributed by atoms with Crippen LogP contribution in [0.2, 0.25) is 5.02 Å². The Balaban J connectivity index is 1.87. The van der Waals surface area contributed by atoms with Crippen molar-refractivity contribution in [3.05, 3.63) is 59.4 Å². The molecule has 3 rings (SSSR count). The Bertz CT molecular complexity index is 800. The van der Waals surface area contributed by atoms with Crippen LogP contribution in [0.25, 0.3) is 11.0 Å². The molecule has 104 valence electrons. The molecule has 0 saturated carbocycles. The van der Waals surface area contributed by atoms with E-state index in [0.29, 0.717) is 6.54 Å². The SMILES string of the molecule is C#CCn1c(CSc2ccc(Cl)cc2)nc2ccccc21. The van der Waals surface area contributed by atoms with Gasteiger partial charge in [0.25, 0.3) is 0 Å². The van der Waals surface area contributed by atoms with Crippen LogP contribution in [-0.4, -0.2) is 9.55 Å². The summed E-state index contributed by atoms with van der Waals surface area (Å²) in [4.78, 5) is 5.85. The van der Waals surface area contributed by atoms with Gasteiger partial charge >= 0.3 is 0 Å². The molecule has 0 N–H and O–H groups in total. The zero-order valence-corrected chi connectivity index (χ0v) is 12.9. The Hall–Kier alpha value is -1.89. The van der Waals surface area contributed by atoms with E-state index in [2.05, 4.69) is 21.5 Å². The minimum absolute atomic E-state index is 0.539. The van der Waals surface area contributed by atoms with Crippen molar-refractivity contribution in [2.75, 3.05) is 0 Å². The normalized spacial score (nSPS) is 10.7. The Kier molecular flexibility index (Phi) is 4.19. The van der Waals surface area contributed by atoms with Gasteiger partial charge in [-0.1, -0.05) is 29.7 Å². The average molecular weight is 313 g/mol. The van der Waals surface area contributed by atoms with E-state index in [4.69, 9.17) is 18.0 Å². The monoisotopic (exact) mass is 312 g/mol. The van der Waals surface area contributed by atoms with Crippen molar-refractivity contribution in [2.45, 2.75) is 17.2 Å². The molecule has 0 saturated heterocycles. The fraction of sp³-hybridized carbons (Fsp3) is 0.118. The molecule has 0 aliphatic rings. The standard InChI is InChI=1S/C17H13ClN2S/c1-2-11-20-16-6-4-3-5-15(16)19-17(20)12-21-14-9-7-13(18)8-10-14/h1,3-10H,11-12H2. The maximum Gasteiger partial charge on any atom is 0.121 e. The van der Waals surface area contributed by atoms with Crippen LogP contribution in [-0.2, 0) is 12.3 Å². The Morgan fingerprint density at radius 1 is 1.14 bits per heavy atom. The summed E-state index contributed by atoms with van der Waals surface area (Å²) in [5.41, 5.74) is 2.07.